The molecule has 1 aromatic carbocycles. The van der Waals surface area contributed by atoms with Gasteiger partial charge in [0.25, 0.3) is 5.91 Å². The molecular weight excluding hydrogens is 408 g/mol. The average molecular weight is 434 g/mol. The molecule has 0 aliphatic carbocycles. The van der Waals surface area contributed by atoms with Crippen molar-refractivity contribution in [2.24, 2.45) is 11.7 Å². The summed E-state index contributed by atoms with van der Waals surface area (Å²) in [4.78, 5) is 20.2. The Kier molecular flexibility index (Phi) is 9.15. The first-order valence-electron chi connectivity index (χ1n) is 8.69. The van der Waals surface area contributed by atoms with Crippen LogP contribution < -0.4 is 5.73 Å². The van der Waals surface area contributed by atoms with E-state index in [4.69, 9.17) is 5.73 Å². The summed E-state index contributed by atoms with van der Waals surface area (Å²) in [5, 5.41) is 0.877. The summed E-state index contributed by atoms with van der Waals surface area (Å²) in [6.45, 7) is 5.34. The number of hydrogen-bond acceptors (Lipinski definition) is 4. The maximum atomic E-state index is 13.0. The second-order valence-corrected chi connectivity index (χ2v) is 7.93. The number of piperidine rings is 1. The molecule has 2 aromatic rings. The van der Waals surface area contributed by atoms with Gasteiger partial charge in [-0.3, -0.25) is 4.79 Å². The third kappa shape index (κ3) is 5.64. The van der Waals surface area contributed by atoms with Gasteiger partial charge in [0.05, 0.1) is 10.7 Å². The Morgan fingerprint density at radius 3 is 2.63 bits per heavy atom. The summed E-state index contributed by atoms with van der Waals surface area (Å²) >= 11 is 1.44. The van der Waals surface area contributed by atoms with E-state index in [1.165, 1.54) is 23.5 Å². The largest absolute Gasteiger partial charge is 0.334 e. The van der Waals surface area contributed by atoms with E-state index in [0.717, 1.165) is 35.7 Å². The second kappa shape index (κ2) is 10.4. The van der Waals surface area contributed by atoms with Crippen molar-refractivity contribution in [1.29, 1.82) is 0 Å². The van der Waals surface area contributed by atoms with Crippen molar-refractivity contribution in [2.75, 3.05) is 13.1 Å². The summed E-state index contributed by atoms with van der Waals surface area (Å²) in [5.41, 5.74) is 7.64. The third-order valence-corrected chi connectivity index (χ3v) is 5.96. The Morgan fingerprint density at radius 2 is 2.00 bits per heavy atom. The number of hydrogen-bond donors (Lipinski definition) is 1. The normalized spacial score (nSPS) is 19.2. The number of rotatable bonds is 4. The van der Waals surface area contributed by atoms with E-state index in [9.17, 15) is 9.18 Å². The number of nitrogens with two attached hydrogens (primary N) is 1. The Balaban J connectivity index is 0.00000182. The zero-order chi connectivity index (χ0) is 18.0. The molecule has 1 aliphatic rings. The molecule has 1 aromatic heterocycles. The topological polar surface area (TPSA) is 59.2 Å². The first-order valence-corrected chi connectivity index (χ1v) is 9.51. The van der Waals surface area contributed by atoms with E-state index >= 15 is 0 Å². The van der Waals surface area contributed by atoms with Crippen LogP contribution in [0.4, 0.5) is 4.39 Å². The van der Waals surface area contributed by atoms with Crippen LogP contribution in [0.1, 0.15) is 45.7 Å². The van der Waals surface area contributed by atoms with Crippen LogP contribution in [0.2, 0.25) is 0 Å². The highest BCUT2D eigenvalue weighted by molar-refractivity contribution is 7.13. The summed E-state index contributed by atoms with van der Waals surface area (Å²) in [7, 11) is 0. The number of aromatic nitrogens is 1. The fourth-order valence-electron chi connectivity index (χ4n) is 3.38. The van der Waals surface area contributed by atoms with Gasteiger partial charge in [0.1, 0.15) is 10.7 Å². The van der Waals surface area contributed by atoms with Crippen molar-refractivity contribution in [3.63, 3.8) is 0 Å². The van der Waals surface area contributed by atoms with E-state index in [0.29, 0.717) is 23.8 Å². The second-order valence-electron chi connectivity index (χ2n) is 6.84. The maximum Gasteiger partial charge on any atom is 0.266 e. The van der Waals surface area contributed by atoms with Crippen molar-refractivity contribution in [3.8, 4) is 0 Å². The van der Waals surface area contributed by atoms with E-state index in [1.807, 2.05) is 11.8 Å². The zero-order valence-corrected chi connectivity index (χ0v) is 17.9. The first kappa shape index (κ1) is 23.8. The molecule has 4 nitrogen and oxygen atoms in total. The molecule has 2 unspecified atom stereocenters. The molecule has 2 atom stereocenters. The molecule has 150 valence electrons. The molecule has 1 aliphatic heterocycles. The van der Waals surface area contributed by atoms with Crippen molar-refractivity contribution >= 4 is 42.1 Å². The molecule has 0 radical (unpaired) electrons. The van der Waals surface area contributed by atoms with Gasteiger partial charge in [0, 0.05) is 25.6 Å². The Bertz CT molecular complexity index is 754. The molecular formula is C19H26Cl2FN3OS. The predicted octanol–water partition coefficient (Wildman–Crippen LogP) is 4.22. The van der Waals surface area contributed by atoms with Gasteiger partial charge in [-0.2, -0.15) is 0 Å². The fourth-order valence-corrected chi connectivity index (χ4v) is 4.43. The van der Waals surface area contributed by atoms with Crippen molar-refractivity contribution in [1.82, 2.24) is 9.88 Å². The molecule has 0 bridgehead atoms. The van der Waals surface area contributed by atoms with Crippen LogP contribution in [-0.4, -0.2) is 34.9 Å². The minimum Gasteiger partial charge on any atom is -0.334 e. The molecule has 2 heterocycles. The highest BCUT2D eigenvalue weighted by Crippen LogP contribution is 2.27. The van der Waals surface area contributed by atoms with E-state index in [2.05, 4.69) is 11.9 Å². The first-order chi connectivity index (χ1) is 12.0. The number of thiazole rings is 1. The number of benzene rings is 1. The quantitative estimate of drug-likeness (QED) is 0.784. The van der Waals surface area contributed by atoms with E-state index in [1.54, 1.807) is 12.1 Å². The van der Waals surface area contributed by atoms with Gasteiger partial charge in [0.2, 0.25) is 0 Å². The molecule has 3 rings (SSSR count). The number of likely N-dealkylation sites (tertiary alicyclic amines) is 1. The summed E-state index contributed by atoms with van der Waals surface area (Å²) < 4.78 is 13.0. The summed E-state index contributed by atoms with van der Waals surface area (Å²) in [5.74, 6) is 0.402. The van der Waals surface area contributed by atoms with E-state index in [-0.39, 0.29) is 42.6 Å². The van der Waals surface area contributed by atoms with Crippen LogP contribution in [0, 0.1) is 18.7 Å². The lowest BCUT2D eigenvalue weighted by atomic mass is 9.92. The smallest absolute Gasteiger partial charge is 0.266 e. The number of halogens is 3. The molecule has 8 heteroatoms. The lowest BCUT2D eigenvalue weighted by Crippen LogP contribution is -2.49. The average Bonchev–Trinajstić information content (AvgIpc) is 2.96. The molecule has 1 amide bonds. The SMILES string of the molecule is Cc1nc(Cc2ccc(F)cc2)sc1C(=O)N1CCC(C)CC1CN.Cl.Cl. The highest BCUT2D eigenvalue weighted by atomic mass is 35.5. The Labute approximate surface area is 176 Å². The number of amides is 1. The minimum absolute atomic E-state index is 0. The number of carbonyl (C=O) groups excluding carboxylic acids is 1. The minimum atomic E-state index is -0.248. The molecule has 2 N–H and O–H groups in total. The molecule has 1 fully saturated rings. The molecule has 1 saturated heterocycles. The Hall–Kier alpha value is -1.21. The van der Waals surface area contributed by atoms with Gasteiger partial charge in [-0.05, 0) is 43.4 Å². The number of carbonyl (C=O) groups is 1. The van der Waals surface area contributed by atoms with Gasteiger partial charge < -0.3 is 10.6 Å². The van der Waals surface area contributed by atoms with Crippen LogP contribution in [0.15, 0.2) is 24.3 Å². The summed E-state index contributed by atoms with van der Waals surface area (Å²) in [6, 6.07) is 6.51. The van der Waals surface area contributed by atoms with Crippen LogP contribution >= 0.6 is 36.2 Å². The summed E-state index contributed by atoms with van der Waals surface area (Å²) in [6.07, 6.45) is 2.58. The van der Waals surface area contributed by atoms with E-state index < -0.39 is 0 Å². The highest BCUT2D eigenvalue weighted by Gasteiger charge is 2.31. The van der Waals surface area contributed by atoms with Gasteiger partial charge in [-0.25, -0.2) is 9.37 Å². The maximum absolute atomic E-state index is 13.0. The van der Waals surface area contributed by atoms with Gasteiger partial charge in [-0.1, -0.05) is 19.1 Å². The van der Waals surface area contributed by atoms with Crippen LogP contribution in [0.3, 0.4) is 0 Å². The monoisotopic (exact) mass is 433 g/mol. The molecule has 0 saturated carbocycles. The third-order valence-electron chi connectivity index (χ3n) is 4.81. The van der Waals surface area contributed by atoms with Gasteiger partial charge in [-0.15, -0.1) is 36.2 Å². The molecule has 0 spiro atoms. The van der Waals surface area contributed by atoms with Crippen LogP contribution in [-0.2, 0) is 6.42 Å². The van der Waals surface area contributed by atoms with Crippen LogP contribution in [0.5, 0.6) is 0 Å². The van der Waals surface area contributed by atoms with Gasteiger partial charge >= 0.3 is 0 Å². The predicted molar refractivity (Wildman–Crippen MR) is 113 cm³/mol. The standard InChI is InChI=1S/C19H24FN3OS.2ClH/c1-12-7-8-23(16(9-12)11-21)19(24)18-13(2)22-17(25-18)10-14-3-5-15(20)6-4-14;;/h3-6,12,16H,7-11,21H2,1-2H3;2*1H. The number of nitrogens with zero attached hydrogens (tertiary/aromatic N) is 2. The lowest BCUT2D eigenvalue weighted by Gasteiger charge is -2.37. The van der Waals surface area contributed by atoms with Gasteiger partial charge in [0.15, 0.2) is 0 Å². The fraction of sp³-hybridized carbons (Fsp3) is 0.474. The van der Waals surface area contributed by atoms with Crippen LogP contribution in [0.25, 0.3) is 0 Å². The van der Waals surface area contributed by atoms with Crippen molar-refractivity contribution in [3.05, 3.63) is 51.2 Å². The Morgan fingerprint density at radius 1 is 1.33 bits per heavy atom. The number of aryl methyl sites for hydroxylation is 1. The van der Waals surface area contributed by atoms with Crippen molar-refractivity contribution < 1.29 is 9.18 Å². The zero-order valence-electron chi connectivity index (χ0n) is 15.5. The molecule has 27 heavy (non-hydrogen) atoms. The van der Waals surface area contributed by atoms with Crippen molar-refractivity contribution in [2.45, 2.75) is 39.2 Å². The lowest BCUT2D eigenvalue weighted by molar-refractivity contribution is 0.0577.